The highest BCUT2D eigenvalue weighted by Gasteiger charge is 2.12. The molecule has 0 fully saturated rings. The van der Waals surface area contributed by atoms with Gasteiger partial charge in [-0.3, -0.25) is 4.79 Å². The Labute approximate surface area is 130 Å². The van der Waals surface area contributed by atoms with Gasteiger partial charge in [0.2, 0.25) is 5.91 Å². The summed E-state index contributed by atoms with van der Waals surface area (Å²) in [5.41, 5.74) is 1.60. The predicted molar refractivity (Wildman–Crippen MR) is 86.4 cm³/mol. The zero-order chi connectivity index (χ0) is 15.8. The molecule has 0 aliphatic carbocycles. The molecule has 0 bridgehead atoms. The van der Waals surface area contributed by atoms with E-state index in [4.69, 9.17) is 4.74 Å². The van der Waals surface area contributed by atoms with Crippen LogP contribution in [0.15, 0.2) is 60.7 Å². The van der Waals surface area contributed by atoms with E-state index in [9.17, 15) is 9.90 Å². The molecule has 1 atom stereocenters. The largest absolute Gasteiger partial charge is 0.496 e. The third kappa shape index (κ3) is 4.46. The molecule has 0 saturated heterocycles. The number of aliphatic hydroxyl groups excluding tert-OH is 1. The van der Waals surface area contributed by atoms with Crippen LogP contribution in [0.3, 0.4) is 0 Å². The van der Waals surface area contributed by atoms with Crippen LogP contribution in [0.1, 0.15) is 17.2 Å². The molecule has 114 valence electrons. The van der Waals surface area contributed by atoms with Crippen LogP contribution in [0.2, 0.25) is 0 Å². The molecule has 2 aromatic carbocycles. The van der Waals surface area contributed by atoms with Crippen LogP contribution in [0.5, 0.6) is 5.75 Å². The Kier molecular flexibility index (Phi) is 5.74. The van der Waals surface area contributed by atoms with E-state index in [1.807, 2.05) is 42.5 Å². The first kappa shape index (κ1) is 15.8. The first-order chi connectivity index (χ1) is 10.7. The van der Waals surface area contributed by atoms with Gasteiger partial charge in [0.25, 0.3) is 0 Å². The Morgan fingerprint density at radius 3 is 2.59 bits per heavy atom. The summed E-state index contributed by atoms with van der Waals surface area (Å²) in [5.74, 6) is 0.349. The molecule has 4 nitrogen and oxygen atoms in total. The zero-order valence-corrected chi connectivity index (χ0v) is 12.4. The Morgan fingerprint density at radius 1 is 1.18 bits per heavy atom. The van der Waals surface area contributed by atoms with E-state index in [2.05, 4.69) is 5.32 Å². The summed E-state index contributed by atoms with van der Waals surface area (Å²) >= 11 is 0. The molecule has 0 heterocycles. The van der Waals surface area contributed by atoms with Crippen molar-refractivity contribution in [1.29, 1.82) is 0 Å². The first-order valence-corrected chi connectivity index (χ1v) is 7.02. The Hall–Kier alpha value is -2.59. The summed E-state index contributed by atoms with van der Waals surface area (Å²) in [5, 5.41) is 12.8. The molecule has 22 heavy (non-hydrogen) atoms. The lowest BCUT2D eigenvalue weighted by molar-refractivity contribution is -0.116. The summed E-state index contributed by atoms with van der Waals surface area (Å²) in [6, 6.07) is 16.7. The molecule has 1 amide bonds. The van der Waals surface area contributed by atoms with E-state index in [1.54, 1.807) is 25.3 Å². The maximum atomic E-state index is 11.8. The van der Waals surface area contributed by atoms with Crippen LogP contribution < -0.4 is 10.1 Å². The predicted octanol–water partition coefficient (Wildman–Crippen LogP) is 2.56. The lowest BCUT2D eigenvalue weighted by atomic mass is 10.1. The minimum atomic E-state index is -0.815. The standard InChI is InChI=1S/C18H19NO3/c1-22-17-10-6-5-9-15(17)16(20)13-19-18(21)12-11-14-7-3-2-4-8-14/h2-12,16,20H,13H2,1H3,(H,19,21)/b12-11+/t16-/m0/s1. The number of benzene rings is 2. The van der Waals surface area contributed by atoms with Crippen LogP contribution in [-0.4, -0.2) is 24.7 Å². The number of para-hydroxylation sites is 1. The molecular formula is C18H19NO3. The molecule has 2 aromatic rings. The van der Waals surface area contributed by atoms with Gasteiger partial charge in [-0.2, -0.15) is 0 Å². The average molecular weight is 297 g/mol. The van der Waals surface area contributed by atoms with Crippen LogP contribution in [0, 0.1) is 0 Å². The van der Waals surface area contributed by atoms with Crippen molar-refractivity contribution in [2.45, 2.75) is 6.10 Å². The minimum absolute atomic E-state index is 0.123. The molecule has 0 spiro atoms. The number of hydrogen-bond acceptors (Lipinski definition) is 3. The second kappa shape index (κ2) is 8.00. The number of rotatable bonds is 6. The zero-order valence-electron chi connectivity index (χ0n) is 12.4. The second-order valence-corrected chi connectivity index (χ2v) is 4.75. The number of aliphatic hydroxyl groups is 1. The van der Waals surface area contributed by atoms with Crippen LogP contribution >= 0.6 is 0 Å². The molecule has 0 radical (unpaired) electrons. The summed E-state index contributed by atoms with van der Waals surface area (Å²) < 4.78 is 5.19. The lowest BCUT2D eigenvalue weighted by Gasteiger charge is -2.14. The van der Waals surface area contributed by atoms with Crippen molar-refractivity contribution in [3.8, 4) is 5.75 Å². The summed E-state index contributed by atoms with van der Waals surface area (Å²) in [6.45, 7) is 0.123. The highest BCUT2D eigenvalue weighted by molar-refractivity contribution is 5.91. The van der Waals surface area contributed by atoms with E-state index >= 15 is 0 Å². The van der Waals surface area contributed by atoms with E-state index < -0.39 is 6.10 Å². The topological polar surface area (TPSA) is 58.6 Å². The first-order valence-electron chi connectivity index (χ1n) is 7.02. The number of carbonyl (C=O) groups is 1. The van der Waals surface area contributed by atoms with E-state index in [1.165, 1.54) is 6.08 Å². The number of amides is 1. The van der Waals surface area contributed by atoms with Crippen molar-refractivity contribution in [2.75, 3.05) is 13.7 Å². The number of carbonyl (C=O) groups excluding carboxylic acids is 1. The van der Waals surface area contributed by atoms with Gasteiger partial charge in [-0.05, 0) is 17.7 Å². The average Bonchev–Trinajstić information content (AvgIpc) is 2.58. The van der Waals surface area contributed by atoms with Crippen molar-refractivity contribution in [3.63, 3.8) is 0 Å². The van der Waals surface area contributed by atoms with E-state index in [-0.39, 0.29) is 12.5 Å². The fourth-order valence-corrected chi connectivity index (χ4v) is 2.04. The maximum absolute atomic E-state index is 11.8. The van der Waals surface area contributed by atoms with Gasteiger partial charge in [0.1, 0.15) is 5.75 Å². The Morgan fingerprint density at radius 2 is 1.86 bits per heavy atom. The molecule has 0 saturated carbocycles. The maximum Gasteiger partial charge on any atom is 0.244 e. The van der Waals surface area contributed by atoms with Gasteiger partial charge in [-0.25, -0.2) is 0 Å². The number of hydrogen-bond donors (Lipinski definition) is 2. The number of methoxy groups -OCH3 is 1. The Balaban J connectivity index is 1.89. The molecule has 2 rings (SSSR count). The van der Waals surface area contributed by atoms with Gasteiger partial charge in [0.05, 0.1) is 13.2 Å². The van der Waals surface area contributed by atoms with Gasteiger partial charge in [-0.15, -0.1) is 0 Å². The fourth-order valence-electron chi connectivity index (χ4n) is 2.04. The summed E-state index contributed by atoms with van der Waals surface area (Å²) in [6.07, 6.45) is 2.36. The van der Waals surface area contributed by atoms with Crippen molar-refractivity contribution >= 4 is 12.0 Å². The summed E-state index contributed by atoms with van der Waals surface area (Å²) in [4.78, 5) is 11.8. The number of ether oxygens (including phenoxy) is 1. The molecule has 0 unspecified atom stereocenters. The molecule has 0 aliphatic heterocycles. The molecular weight excluding hydrogens is 278 g/mol. The normalized spacial score (nSPS) is 12.1. The van der Waals surface area contributed by atoms with Crippen molar-refractivity contribution in [2.24, 2.45) is 0 Å². The van der Waals surface area contributed by atoms with Crippen molar-refractivity contribution in [3.05, 3.63) is 71.8 Å². The third-order valence-corrected chi connectivity index (χ3v) is 3.19. The third-order valence-electron chi connectivity index (χ3n) is 3.19. The van der Waals surface area contributed by atoms with Gasteiger partial charge >= 0.3 is 0 Å². The van der Waals surface area contributed by atoms with E-state index in [0.29, 0.717) is 11.3 Å². The minimum Gasteiger partial charge on any atom is -0.496 e. The fraction of sp³-hybridized carbons (Fsp3) is 0.167. The van der Waals surface area contributed by atoms with Crippen LogP contribution in [0.4, 0.5) is 0 Å². The SMILES string of the molecule is COc1ccccc1[C@@H](O)CNC(=O)/C=C/c1ccccc1. The van der Waals surface area contributed by atoms with Crippen molar-refractivity contribution < 1.29 is 14.6 Å². The van der Waals surface area contributed by atoms with E-state index in [0.717, 1.165) is 5.56 Å². The number of nitrogens with one attached hydrogen (secondary N) is 1. The van der Waals surface area contributed by atoms with Gasteiger partial charge < -0.3 is 15.2 Å². The lowest BCUT2D eigenvalue weighted by Crippen LogP contribution is -2.26. The highest BCUT2D eigenvalue weighted by atomic mass is 16.5. The van der Waals surface area contributed by atoms with Crippen LogP contribution in [0.25, 0.3) is 6.08 Å². The molecule has 2 N–H and O–H groups in total. The quantitative estimate of drug-likeness (QED) is 0.806. The monoisotopic (exact) mass is 297 g/mol. The molecule has 0 aromatic heterocycles. The highest BCUT2D eigenvalue weighted by Crippen LogP contribution is 2.23. The molecule has 0 aliphatic rings. The Bertz CT molecular complexity index is 638. The van der Waals surface area contributed by atoms with Gasteiger partial charge in [0.15, 0.2) is 0 Å². The smallest absolute Gasteiger partial charge is 0.244 e. The van der Waals surface area contributed by atoms with Crippen LogP contribution in [-0.2, 0) is 4.79 Å². The van der Waals surface area contributed by atoms with Gasteiger partial charge in [-0.1, -0.05) is 48.5 Å². The molecule has 4 heteroatoms. The summed E-state index contributed by atoms with van der Waals surface area (Å²) in [7, 11) is 1.55. The van der Waals surface area contributed by atoms with Gasteiger partial charge in [0, 0.05) is 18.2 Å². The second-order valence-electron chi connectivity index (χ2n) is 4.75. The van der Waals surface area contributed by atoms with Crippen molar-refractivity contribution in [1.82, 2.24) is 5.32 Å².